The first-order chi connectivity index (χ1) is 11.0. The van der Waals surface area contributed by atoms with E-state index in [1.165, 1.54) is 5.56 Å². The number of carbonyl (C=O) groups is 1. The lowest BCUT2D eigenvalue weighted by atomic mass is 9.96. The van der Waals surface area contributed by atoms with Crippen LogP contribution in [0.25, 0.3) is 0 Å². The van der Waals surface area contributed by atoms with Crippen LogP contribution in [-0.4, -0.2) is 49.2 Å². The van der Waals surface area contributed by atoms with Crippen molar-refractivity contribution in [3.8, 4) is 0 Å². The molecule has 1 heterocycles. The van der Waals surface area contributed by atoms with Gasteiger partial charge >= 0.3 is 0 Å². The first kappa shape index (κ1) is 17.9. The minimum absolute atomic E-state index is 0.125. The van der Waals surface area contributed by atoms with Crippen LogP contribution in [0, 0.1) is 0 Å². The molecule has 1 aliphatic rings. The Morgan fingerprint density at radius 1 is 1.30 bits per heavy atom. The first-order valence-electron chi connectivity index (χ1n) is 8.50. The van der Waals surface area contributed by atoms with E-state index < -0.39 is 5.54 Å². The molecular weight excluding hydrogens is 290 g/mol. The third kappa shape index (κ3) is 5.61. The molecule has 128 valence electrons. The number of nitrogens with zero attached hydrogens (tertiary/aromatic N) is 1. The monoisotopic (exact) mass is 319 g/mol. The van der Waals surface area contributed by atoms with Gasteiger partial charge in [-0.3, -0.25) is 9.69 Å². The maximum absolute atomic E-state index is 12.2. The number of amides is 1. The van der Waals surface area contributed by atoms with E-state index in [9.17, 15) is 4.79 Å². The molecule has 0 radical (unpaired) electrons. The topological polar surface area (TPSA) is 67.6 Å². The van der Waals surface area contributed by atoms with Gasteiger partial charge in [0.15, 0.2) is 0 Å². The van der Waals surface area contributed by atoms with Crippen LogP contribution in [0.3, 0.4) is 0 Å². The van der Waals surface area contributed by atoms with E-state index in [2.05, 4.69) is 22.3 Å². The van der Waals surface area contributed by atoms with Gasteiger partial charge in [0.05, 0.1) is 18.8 Å². The summed E-state index contributed by atoms with van der Waals surface area (Å²) in [4.78, 5) is 14.6. The average Bonchev–Trinajstić information content (AvgIpc) is 2.55. The SMILES string of the molecule is CCCC(C)(N)C(=O)Nc1ccc(CCN2CCOCC2)cc1. The molecular formula is C18H29N3O2. The Kier molecular flexibility index (Phi) is 6.57. The Balaban J connectivity index is 1.83. The zero-order valence-corrected chi connectivity index (χ0v) is 14.3. The maximum atomic E-state index is 12.2. The lowest BCUT2D eigenvalue weighted by Crippen LogP contribution is -2.48. The van der Waals surface area contributed by atoms with E-state index in [1.54, 1.807) is 6.92 Å². The van der Waals surface area contributed by atoms with Crippen molar-refractivity contribution in [1.82, 2.24) is 4.90 Å². The molecule has 0 spiro atoms. The molecule has 1 aromatic rings. The van der Waals surface area contributed by atoms with Crippen LogP contribution in [0.2, 0.25) is 0 Å². The fourth-order valence-electron chi connectivity index (χ4n) is 2.77. The quantitative estimate of drug-likeness (QED) is 0.807. The largest absolute Gasteiger partial charge is 0.379 e. The highest BCUT2D eigenvalue weighted by Gasteiger charge is 2.27. The number of benzene rings is 1. The number of nitrogens with two attached hydrogens (primary N) is 1. The summed E-state index contributed by atoms with van der Waals surface area (Å²) in [6.07, 6.45) is 2.58. The van der Waals surface area contributed by atoms with Gasteiger partial charge < -0.3 is 15.8 Å². The number of carbonyl (C=O) groups excluding carboxylic acids is 1. The minimum atomic E-state index is -0.816. The second-order valence-corrected chi connectivity index (χ2v) is 6.52. The van der Waals surface area contributed by atoms with E-state index >= 15 is 0 Å². The zero-order valence-electron chi connectivity index (χ0n) is 14.3. The van der Waals surface area contributed by atoms with Crippen molar-refractivity contribution in [2.45, 2.75) is 38.6 Å². The van der Waals surface area contributed by atoms with Gasteiger partial charge in [-0.25, -0.2) is 0 Å². The van der Waals surface area contributed by atoms with E-state index in [0.717, 1.165) is 51.4 Å². The van der Waals surface area contributed by atoms with Gasteiger partial charge in [-0.05, 0) is 37.5 Å². The van der Waals surface area contributed by atoms with Crippen molar-refractivity contribution in [2.75, 3.05) is 38.2 Å². The molecule has 1 saturated heterocycles. The number of ether oxygens (including phenoxy) is 1. The van der Waals surface area contributed by atoms with Crippen molar-refractivity contribution in [3.05, 3.63) is 29.8 Å². The van der Waals surface area contributed by atoms with Crippen molar-refractivity contribution in [1.29, 1.82) is 0 Å². The van der Waals surface area contributed by atoms with Crippen LogP contribution in [-0.2, 0) is 16.0 Å². The highest BCUT2D eigenvalue weighted by atomic mass is 16.5. The average molecular weight is 319 g/mol. The number of anilines is 1. The molecule has 1 aromatic carbocycles. The Morgan fingerprint density at radius 2 is 1.96 bits per heavy atom. The summed E-state index contributed by atoms with van der Waals surface area (Å²) in [5.41, 5.74) is 7.32. The number of nitrogens with one attached hydrogen (secondary N) is 1. The van der Waals surface area contributed by atoms with Gasteiger partial charge in [0.2, 0.25) is 5.91 Å². The molecule has 1 amide bonds. The Labute approximate surface area is 139 Å². The van der Waals surface area contributed by atoms with Crippen LogP contribution in [0.5, 0.6) is 0 Å². The Morgan fingerprint density at radius 3 is 2.57 bits per heavy atom. The molecule has 0 aromatic heterocycles. The van der Waals surface area contributed by atoms with Crippen molar-refractivity contribution in [2.24, 2.45) is 5.73 Å². The van der Waals surface area contributed by atoms with Gasteiger partial charge in [-0.1, -0.05) is 25.5 Å². The van der Waals surface area contributed by atoms with E-state index in [4.69, 9.17) is 10.5 Å². The molecule has 2 rings (SSSR count). The highest BCUT2D eigenvalue weighted by Crippen LogP contribution is 2.15. The number of hydrogen-bond acceptors (Lipinski definition) is 4. The Bertz CT molecular complexity index is 493. The molecule has 1 atom stereocenters. The number of morpholine rings is 1. The fourth-order valence-corrected chi connectivity index (χ4v) is 2.77. The van der Waals surface area contributed by atoms with Crippen molar-refractivity contribution in [3.63, 3.8) is 0 Å². The molecule has 1 fully saturated rings. The molecule has 0 saturated carbocycles. The molecule has 1 unspecified atom stereocenters. The molecule has 0 aliphatic carbocycles. The van der Waals surface area contributed by atoms with E-state index in [1.807, 2.05) is 19.1 Å². The van der Waals surface area contributed by atoms with Crippen molar-refractivity contribution < 1.29 is 9.53 Å². The normalized spacial score (nSPS) is 18.4. The second kappa shape index (κ2) is 8.43. The smallest absolute Gasteiger partial charge is 0.244 e. The van der Waals surface area contributed by atoms with Gasteiger partial charge in [0, 0.05) is 25.3 Å². The van der Waals surface area contributed by atoms with Crippen molar-refractivity contribution >= 4 is 11.6 Å². The van der Waals surface area contributed by atoms with E-state index in [0.29, 0.717) is 6.42 Å². The highest BCUT2D eigenvalue weighted by molar-refractivity contribution is 5.97. The predicted molar refractivity (Wildman–Crippen MR) is 93.5 cm³/mol. The Hall–Kier alpha value is -1.43. The summed E-state index contributed by atoms with van der Waals surface area (Å²) in [7, 11) is 0. The minimum Gasteiger partial charge on any atom is -0.379 e. The maximum Gasteiger partial charge on any atom is 0.244 e. The van der Waals surface area contributed by atoms with Crippen LogP contribution in [0.15, 0.2) is 24.3 Å². The zero-order chi connectivity index (χ0) is 16.7. The molecule has 5 nitrogen and oxygen atoms in total. The molecule has 1 aliphatic heterocycles. The summed E-state index contributed by atoms with van der Waals surface area (Å²) in [6, 6.07) is 8.05. The number of hydrogen-bond donors (Lipinski definition) is 2. The van der Waals surface area contributed by atoms with Crippen LogP contribution in [0.4, 0.5) is 5.69 Å². The van der Waals surface area contributed by atoms with Crippen LogP contribution < -0.4 is 11.1 Å². The second-order valence-electron chi connectivity index (χ2n) is 6.52. The third-order valence-electron chi connectivity index (χ3n) is 4.32. The van der Waals surface area contributed by atoms with Crippen LogP contribution in [0.1, 0.15) is 32.3 Å². The molecule has 5 heteroatoms. The summed E-state index contributed by atoms with van der Waals surface area (Å²) in [5.74, 6) is -0.125. The predicted octanol–water partition coefficient (Wildman–Crippen LogP) is 2.02. The molecule has 0 bridgehead atoms. The summed E-state index contributed by atoms with van der Waals surface area (Å²) < 4.78 is 5.36. The molecule has 23 heavy (non-hydrogen) atoms. The lowest BCUT2D eigenvalue weighted by molar-refractivity contribution is -0.120. The summed E-state index contributed by atoms with van der Waals surface area (Å²) in [6.45, 7) is 8.55. The lowest BCUT2D eigenvalue weighted by Gasteiger charge is -2.26. The van der Waals surface area contributed by atoms with E-state index in [-0.39, 0.29) is 5.91 Å². The van der Waals surface area contributed by atoms with Gasteiger partial charge in [-0.15, -0.1) is 0 Å². The third-order valence-corrected chi connectivity index (χ3v) is 4.32. The fraction of sp³-hybridized carbons (Fsp3) is 0.611. The summed E-state index contributed by atoms with van der Waals surface area (Å²) in [5, 5.41) is 2.91. The van der Waals surface area contributed by atoms with Crippen LogP contribution >= 0.6 is 0 Å². The first-order valence-corrected chi connectivity index (χ1v) is 8.50. The molecule has 3 N–H and O–H groups in total. The van der Waals surface area contributed by atoms with Gasteiger partial charge in [0.25, 0.3) is 0 Å². The summed E-state index contributed by atoms with van der Waals surface area (Å²) >= 11 is 0. The van der Waals surface area contributed by atoms with Gasteiger partial charge in [0.1, 0.15) is 0 Å². The number of rotatable bonds is 7. The van der Waals surface area contributed by atoms with Gasteiger partial charge in [-0.2, -0.15) is 0 Å². The standard InChI is InChI=1S/C18H29N3O2/c1-3-9-18(2,19)17(22)20-16-6-4-15(5-7-16)8-10-21-11-13-23-14-12-21/h4-7H,3,8-14,19H2,1-2H3,(H,20,22).